The molecule has 120 valence electrons. The van der Waals surface area contributed by atoms with Crippen molar-refractivity contribution >= 4 is 34.5 Å². The maximum atomic E-state index is 12.8. The largest absolute Gasteiger partial charge is 0.399 e. The highest BCUT2D eigenvalue weighted by Crippen LogP contribution is 2.27. The zero-order chi connectivity index (χ0) is 16.9. The van der Waals surface area contributed by atoms with Crippen LogP contribution in [0.2, 0.25) is 0 Å². The van der Waals surface area contributed by atoms with Crippen molar-refractivity contribution in [2.24, 2.45) is 0 Å². The Morgan fingerprint density at radius 3 is 1.79 bits per heavy atom. The third-order valence-corrected chi connectivity index (χ3v) is 3.53. The molecule has 0 aliphatic rings. The molecule has 2 amide bonds. The number of para-hydroxylation sites is 1. The molecule has 3 rings (SSSR count). The van der Waals surface area contributed by atoms with E-state index < -0.39 is 0 Å². The van der Waals surface area contributed by atoms with E-state index in [1.807, 2.05) is 42.5 Å². The molecule has 0 saturated carbocycles. The molecule has 0 radical (unpaired) electrons. The Hall–Kier alpha value is -3.47. The smallest absolute Gasteiger partial charge is 0.330 e. The van der Waals surface area contributed by atoms with Crippen molar-refractivity contribution in [1.82, 2.24) is 0 Å². The van der Waals surface area contributed by atoms with Crippen molar-refractivity contribution < 1.29 is 4.79 Å². The molecule has 0 fully saturated rings. The van der Waals surface area contributed by atoms with Crippen molar-refractivity contribution in [2.45, 2.75) is 0 Å². The number of nitrogens with two attached hydrogens (primary N) is 2. The predicted molar refractivity (Wildman–Crippen MR) is 99.3 cm³/mol. The first-order valence-corrected chi connectivity index (χ1v) is 7.51. The molecule has 5 heteroatoms. The Morgan fingerprint density at radius 1 is 0.708 bits per heavy atom. The van der Waals surface area contributed by atoms with E-state index in [9.17, 15) is 4.79 Å². The molecular weight excluding hydrogens is 300 g/mol. The molecule has 3 aromatic carbocycles. The van der Waals surface area contributed by atoms with E-state index in [4.69, 9.17) is 11.5 Å². The zero-order valence-electron chi connectivity index (χ0n) is 13.0. The number of urea groups is 1. The topological polar surface area (TPSA) is 84.4 Å². The van der Waals surface area contributed by atoms with Crippen LogP contribution in [0.5, 0.6) is 0 Å². The van der Waals surface area contributed by atoms with Gasteiger partial charge in [-0.1, -0.05) is 18.2 Å². The van der Waals surface area contributed by atoms with Crippen LogP contribution in [0.15, 0.2) is 78.9 Å². The minimum absolute atomic E-state index is 0.268. The number of carbonyl (C=O) groups is 1. The van der Waals surface area contributed by atoms with Crippen LogP contribution < -0.4 is 21.7 Å². The number of nitrogens with zero attached hydrogens (tertiary/aromatic N) is 1. The first-order chi connectivity index (χ1) is 11.6. The van der Waals surface area contributed by atoms with Gasteiger partial charge < -0.3 is 16.8 Å². The van der Waals surface area contributed by atoms with Gasteiger partial charge in [0.1, 0.15) is 0 Å². The summed E-state index contributed by atoms with van der Waals surface area (Å²) < 4.78 is 0. The van der Waals surface area contributed by atoms with Crippen LogP contribution >= 0.6 is 0 Å². The normalized spacial score (nSPS) is 10.2. The van der Waals surface area contributed by atoms with Crippen LogP contribution in [-0.2, 0) is 0 Å². The van der Waals surface area contributed by atoms with Gasteiger partial charge in [0.25, 0.3) is 0 Å². The molecule has 5 nitrogen and oxygen atoms in total. The van der Waals surface area contributed by atoms with E-state index in [-0.39, 0.29) is 6.03 Å². The van der Waals surface area contributed by atoms with Gasteiger partial charge in [-0.2, -0.15) is 0 Å². The number of rotatable bonds is 3. The van der Waals surface area contributed by atoms with Gasteiger partial charge in [-0.25, -0.2) is 4.79 Å². The van der Waals surface area contributed by atoms with E-state index in [1.54, 1.807) is 41.3 Å². The summed E-state index contributed by atoms with van der Waals surface area (Å²) in [4.78, 5) is 14.4. The number of amides is 2. The summed E-state index contributed by atoms with van der Waals surface area (Å²) in [6.07, 6.45) is 0. The molecule has 0 unspecified atom stereocenters. The molecule has 3 aromatic rings. The maximum Gasteiger partial charge on any atom is 0.330 e. The second kappa shape index (κ2) is 6.75. The number of benzene rings is 3. The molecule has 0 bridgehead atoms. The van der Waals surface area contributed by atoms with Crippen molar-refractivity contribution in [2.75, 3.05) is 21.7 Å². The van der Waals surface area contributed by atoms with Gasteiger partial charge in [0.2, 0.25) is 0 Å². The quantitative estimate of drug-likeness (QED) is 0.632. The average Bonchev–Trinajstić information content (AvgIpc) is 2.60. The van der Waals surface area contributed by atoms with E-state index >= 15 is 0 Å². The fourth-order valence-electron chi connectivity index (χ4n) is 2.33. The molecule has 0 heterocycles. The van der Waals surface area contributed by atoms with Gasteiger partial charge in [0, 0.05) is 17.1 Å². The Bertz CT molecular complexity index is 814. The lowest BCUT2D eigenvalue weighted by molar-refractivity contribution is 0.259. The fourth-order valence-corrected chi connectivity index (χ4v) is 2.33. The summed E-state index contributed by atoms with van der Waals surface area (Å²) in [5, 5.41) is 2.88. The third-order valence-electron chi connectivity index (χ3n) is 3.53. The highest BCUT2D eigenvalue weighted by Gasteiger charge is 2.18. The Balaban J connectivity index is 1.93. The number of nitrogens with one attached hydrogen (secondary N) is 1. The number of nitrogen functional groups attached to an aromatic ring is 2. The van der Waals surface area contributed by atoms with E-state index in [2.05, 4.69) is 5.32 Å². The lowest BCUT2D eigenvalue weighted by Gasteiger charge is -2.23. The Labute approximate surface area is 140 Å². The molecule has 0 saturated heterocycles. The number of carbonyl (C=O) groups excluding carboxylic acids is 1. The molecule has 0 spiro atoms. The summed E-state index contributed by atoms with van der Waals surface area (Å²) in [6, 6.07) is 23.3. The SMILES string of the molecule is Nc1ccc(NC(=O)N(c2ccccc2)c2ccc(N)cc2)cc1. The summed E-state index contributed by atoms with van der Waals surface area (Å²) in [5.41, 5.74) is 14.9. The van der Waals surface area contributed by atoms with Crippen molar-refractivity contribution in [3.63, 3.8) is 0 Å². The second-order valence-electron chi connectivity index (χ2n) is 5.31. The number of hydrogen-bond donors (Lipinski definition) is 3. The molecule has 5 N–H and O–H groups in total. The minimum atomic E-state index is -0.268. The fraction of sp³-hybridized carbons (Fsp3) is 0. The lowest BCUT2D eigenvalue weighted by atomic mass is 10.2. The number of hydrogen-bond acceptors (Lipinski definition) is 3. The molecule has 0 atom stereocenters. The summed E-state index contributed by atoms with van der Waals surface area (Å²) in [5.74, 6) is 0. The van der Waals surface area contributed by atoms with Gasteiger partial charge in [0.05, 0.1) is 11.4 Å². The van der Waals surface area contributed by atoms with Gasteiger partial charge in [-0.05, 0) is 60.7 Å². The van der Waals surface area contributed by atoms with E-state index in [1.165, 1.54) is 0 Å². The highest BCUT2D eigenvalue weighted by molar-refractivity contribution is 6.07. The molecule has 0 aromatic heterocycles. The Kier molecular flexibility index (Phi) is 4.34. The third kappa shape index (κ3) is 3.47. The summed E-state index contributed by atoms with van der Waals surface area (Å²) in [7, 11) is 0. The van der Waals surface area contributed by atoms with Crippen molar-refractivity contribution in [3.8, 4) is 0 Å². The number of anilines is 5. The van der Waals surface area contributed by atoms with Crippen LogP contribution in [0.1, 0.15) is 0 Å². The monoisotopic (exact) mass is 318 g/mol. The predicted octanol–water partition coefficient (Wildman–Crippen LogP) is 4.22. The highest BCUT2D eigenvalue weighted by atomic mass is 16.2. The van der Waals surface area contributed by atoms with Crippen LogP contribution in [0.3, 0.4) is 0 Å². The first kappa shape index (κ1) is 15.4. The molecule has 0 aliphatic heterocycles. The van der Waals surface area contributed by atoms with Crippen molar-refractivity contribution in [1.29, 1.82) is 0 Å². The van der Waals surface area contributed by atoms with E-state index in [0.29, 0.717) is 17.1 Å². The van der Waals surface area contributed by atoms with Crippen LogP contribution in [-0.4, -0.2) is 6.03 Å². The summed E-state index contributed by atoms with van der Waals surface area (Å²) >= 11 is 0. The first-order valence-electron chi connectivity index (χ1n) is 7.51. The van der Waals surface area contributed by atoms with Crippen LogP contribution in [0.25, 0.3) is 0 Å². The minimum Gasteiger partial charge on any atom is -0.399 e. The van der Waals surface area contributed by atoms with Gasteiger partial charge in [0.15, 0.2) is 0 Å². The lowest BCUT2D eigenvalue weighted by Crippen LogP contribution is -2.30. The van der Waals surface area contributed by atoms with Gasteiger partial charge in [-0.15, -0.1) is 0 Å². The average molecular weight is 318 g/mol. The standard InChI is InChI=1S/C19H18N4O/c20-14-6-10-16(11-7-14)22-19(24)23(17-4-2-1-3-5-17)18-12-8-15(21)9-13-18/h1-13H,20-21H2,(H,22,24). The van der Waals surface area contributed by atoms with Gasteiger partial charge >= 0.3 is 6.03 Å². The maximum absolute atomic E-state index is 12.8. The van der Waals surface area contributed by atoms with Crippen molar-refractivity contribution in [3.05, 3.63) is 78.9 Å². The van der Waals surface area contributed by atoms with Crippen LogP contribution in [0.4, 0.5) is 33.2 Å². The second-order valence-corrected chi connectivity index (χ2v) is 5.31. The summed E-state index contributed by atoms with van der Waals surface area (Å²) in [6.45, 7) is 0. The molecule has 0 aliphatic carbocycles. The van der Waals surface area contributed by atoms with Crippen LogP contribution in [0, 0.1) is 0 Å². The van der Waals surface area contributed by atoms with E-state index in [0.717, 1.165) is 11.4 Å². The van der Waals surface area contributed by atoms with Gasteiger partial charge in [-0.3, -0.25) is 4.90 Å². The Morgan fingerprint density at radius 2 is 1.21 bits per heavy atom. The molecular formula is C19H18N4O. The molecule has 24 heavy (non-hydrogen) atoms. The zero-order valence-corrected chi connectivity index (χ0v) is 13.0.